The summed E-state index contributed by atoms with van der Waals surface area (Å²) in [6, 6.07) is 0. The van der Waals surface area contributed by atoms with Crippen molar-refractivity contribution in [2.24, 2.45) is 0 Å². The minimum atomic E-state index is -0.0462. The van der Waals surface area contributed by atoms with Gasteiger partial charge in [-0.15, -0.1) is 0 Å². The van der Waals surface area contributed by atoms with E-state index in [0.29, 0.717) is 54.8 Å². The van der Waals surface area contributed by atoms with Gasteiger partial charge in [0.2, 0.25) is 5.89 Å². The lowest BCUT2D eigenvalue weighted by molar-refractivity contribution is 0.0693. The van der Waals surface area contributed by atoms with Gasteiger partial charge in [0, 0.05) is 26.6 Å². The average Bonchev–Trinajstić information content (AvgIpc) is 3.19. The summed E-state index contributed by atoms with van der Waals surface area (Å²) >= 11 is 0. The smallest absolute Gasteiger partial charge is 0.259 e. The topological polar surface area (TPSA) is 94.5 Å². The molecule has 1 aliphatic rings. The molecule has 24 heavy (non-hydrogen) atoms. The maximum Gasteiger partial charge on any atom is 0.259 e. The fourth-order valence-electron chi connectivity index (χ4n) is 3.04. The van der Waals surface area contributed by atoms with Gasteiger partial charge < -0.3 is 18.7 Å². The summed E-state index contributed by atoms with van der Waals surface area (Å²) in [6.45, 7) is 5.37. The number of amides is 1. The van der Waals surface area contributed by atoms with Crippen LogP contribution in [0.1, 0.15) is 52.3 Å². The highest BCUT2D eigenvalue weighted by atomic mass is 16.5. The molecular weight excluding hydrogens is 312 g/mol. The Labute approximate surface area is 140 Å². The number of carbonyl (C=O) groups is 1. The van der Waals surface area contributed by atoms with Crippen LogP contribution in [0.15, 0.2) is 9.05 Å². The SMILES string of the molecule is COCCc1noc(C2CCCN(C(=O)c3c(C)noc3C)C2)n1. The summed E-state index contributed by atoms with van der Waals surface area (Å²) in [5.74, 6) is 1.81. The summed E-state index contributed by atoms with van der Waals surface area (Å²) < 4.78 is 15.5. The third kappa shape index (κ3) is 3.33. The number of likely N-dealkylation sites (tertiary alicyclic amines) is 1. The van der Waals surface area contributed by atoms with Gasteiger partial charge in [-0.3, -0.25) is 4.79 Å². The number of hydrogen-bond acceptors (Lipinski definition) is 7. The van der Waals surface area contributed by atoms with Gasteiger partial charge in [0.05, 0.1) is 18.2 Å². The molecule has 0 saturated carbocycles. The molecule has 1 unspecified atom stereocenters. The summed E-state index contributed by atoms with van der Waals surface area (Å²) in [5, 5.41) is 7.85. The van der Waals surface area contributed by atoms with E-state index in [-0.39, 0.29) is 11.8 Å². The number of carbonyl (C=O) groups excluding carboxylic acids is 1. The highest BCUT2D eigenvalue weighted by molar-refractivity contribution is 5.96. The maximum atomic E-state index is 12.8. The summed E-state index contributed by atoms with van der Waals surface area (Å²) in [4.78, 5) is 19.0. The molecule has 0 bridgehead atoms. The van der Waals surface area contributed by atoms with Crippen molar-refractivity contribution in [3.05, 3.63) is 28.7 Å². The molecule has 0 radical (unpaired) electrons. The maximum absolute atomic E-state index is 12.8. The predicted octanol–water partition coefficient (Wildman–Crippen LogP) is 1.88. The van der Waals surface area contributed by atoms with Gasteiger partial charge in [-0.25, -0.2) is 0 Å². The van der Waals surface area contributed by atoms with Gasteiger partial charge in [0.1, 0.15) is 11.3 Å². The first-order valence-corrected chi connectivity index (χ1v) is 8.13. The Morgan fingerprint density at radius 2 is 2.17 bits per heavy atom. The van der Waals surface area contributed by atoms with Crippen molar-refractivity contribution in [1.82, 2.24) is 20.2 Å². The highest BCUT2D eigenvalue weighted by Gasteiger charge is 2.31. The van der Waals surface area contributed by atoms with Crippen LogP contribution in [0.4, 0.5) is 0 Å². The number of rotatable bonds is 5. The summed E-state index contributed by atoms with van der Waals surface area (Å²) in [5.41, 5.74) is 1.18. The lowest BCUT2D eigenvalue weighted by Gasteiger charge is -2.30. The molecule has 0 spiro atoms. The van der Waals surface area contributed by atoms with Gasteiger partial charge >= 0.3 is 0 Å². The minimum absolute atomic E-state index is 0.0462. The molecule has 0 N–H and O–H groups in total. The van der Waals surface area contributed by atoms with E-state index in [9.17, 15) is 4.79 Å². The Hall–Kier alpha value is -2.22. The molecular formula is C16H22N4O4. The third-order valence-electron chi connectivity index (χ3n) is 4.32. The predicted molar refractivity (Wildman–Crippen MR) is 83.7 cm³/mol. The first kappa shape index (κ1) is 16.6. The second kappa shape index (κ2) is 7.12. The van der Waals surface area contributed by atoms with Crippen molar-refractivity contribution in [1.29, 1.82) is 0 Å². The average molecular weight is 334 g/mol. The van der Waals surface area contributed by atoms with Crippen LogP contribution in [-0.2, 0) is 11.2 Å². The summed E-state index contributed by atoms with van der Waals surface area (Å²) in [7, 11) is 1.64. The molecule has 1 fully saturated rings. The van der Waals surface area contributed by atoms with Crippen LogP contribution in [0.25, 0.3) is 0 Å². The number of methoxy groups -OCH3 is 1. The normalized spacial score (nSPS) is 18.1. The van der Waals surface area contributed by atoms with E-state index in [0.717, 1.165) is 12.8 Å². The zero-order valence-electron chi connectivity index (χ0n) is 14.2. The van der Waals surface area contributed by atoms with E-state index in [1.54, 1.807) is 21.0 Å². The lowest BCUT2D eigenvalue weighted by Crippen LogP contribution is -2.39. The van der Waals surface area contributed by atoms with Crippen LogP contribution in [0.2, 0.25) is 0 Å². The van der Waals surface area contributed by atoms with E-state index in [1.165, 1.54) is 0 Å². The van der Waals surface area contributed by atoms with E-state index in [2.05, 4.69) is 15.3 Å². The monoisotopic (exact) mass is 334 g/mol. The minimum Gasteiger partial charge on any atom is -0.384 e. The molecule has 0 aromatic carbocycles. The van der Waals surface area contributed by atoms with Gasteiger partial charge in [-0.1, -0.05) is 10.3 Å². The standard InChI is InChI=1S/C16H22N4O4/c1-10-14(11(2)23-18-10)16(21)20-7-4-5-12(9-20)15-17-13(19-24-15)6-8-22-3/h12H,4-9H2,1-3H3. The van der Waals surface area contributed by atoms with Crippen LogP contribution in [0.5, 0.6) is 0 Å². The molecule has 8 nitrogen and oxygen atoms in total. The zero-order chi connectivity index (χ0) is 17.1. The van der Waals surface area contributed by atoms with Crippen molar-refractivity contribution in [3.63, 3.8) is 0 Å². The Bertz CT molecular complexity index is 689. The molecule has 1 atom stereocenters. The quantitative estimate of drug-likeness (QED) is 0.824. The van der Waals surface area contributed by atoms with E-state index >= 15 is 0 Å². The Kier molecular flexibility index (Phi) is 4.94. The van der Waals surface area contributed by atoms with E-state index < -0.39 is 0 Å². The number of piperidine rings is 1. The molecule has 2 aromatic rings. The van der Waals surface area contributed by atoms with Crippen LogP contribution < -0.4 is 0 Å². The number of aryl methyl sites for hydroxylation is 2. The second-order valence-electron chi connectivity index (χ2n) is 6.08. The molecule has 8 heteroatoms. The molecule has 1 amide bonds. The van der Waals surface area contributed by atoms with Crippen molar-refractivity contribution in [2.45, 2.75) is 39.0 Å². The van der Waals surface area contributed by atoms with Crippen molar-refractivity contribution in [2.75, 3.05) is 26.8 Å². The van der Waals surface area contributed by atoms with Crippen LogP contribution in [0, 0.1) is 13.8 Å². The van der Waals surface area contributed by atoms with Gasteiger partial charge in [-0.05, 0) is 26.7 Å². The molecule has 1 aliphatic heterocycles. The van der Waals surface area contributed by atoms with Gasteiger partial charge in [0.25, 0.3) is 5.91 Å². The molecule has 3 heterocycles. The molecule has 3 rings (SSSR count). The van der Waals surface area contributed by atoms with Crippen LogP contribution >= 0.6 is 0 Å². The van der Waals surface area contributed by atoms with E-state index in [4.69, 9.17) is 13.8 Å². The van der Waals surface area contributed by atoms with Gasteiger partial charge in [-0.2, -0.15) is 4.98 Å². The molecule has 1 saturated heterocycles. The Morgan fingerprint density at radius 3 is 2.88 bits per heavy atom. The third-order valence-corrected chi connectivity index (χ3v) is 4.32. The molecule has 0 aliphatic carbocycles. The van der Waals surface area contributed by atoms with Crippen molar-refractivity contribution < 1.29 is 18.6 Å². The van der Waals surface area contributed by atoms with E-state index in [1.807, 2.05) is 4.90 Å². The molecule has 2 aromatic heterocycles. The van der Waals surface area contributed by atoms with Gasteiger partial charge in [0.15, 0.2) is 5.82 Å². The molecule has 130 valence electrons. The largest absolute Gasteiger partial charge is 0.384 e. The lowest BCUT2D eigenvalue weighted by atomic mass is 9.97. The fraction of sp³-hybridized carbons (Fsp3) is 0.625. The Morgan fingerprint density at radius 1 is 1.33 bits per heavy atom. The first-order chi connectivity index (χ1) is 11.6. The number of ether oxygens (including phenoxy) is 1. The van der Waals surface area contributed by atoms with Crippen LogP contribution in [0.3, 0.4) is 0 Å². The van der Waals surface area contributed by atoms with Crippen molar-refractivity contribution in [3.8, 4) is 0 Å². The fourth-order valence-corrected chi connectivity index (χ4v) is 3.04. The second-order valence-corrected chi connectivity index (χ2v) is 6.08. The first-order valence-electron chi connectivity index (χ1n) is 8.13. The number of hydrogen-bond donors (Lipinski definition) is 0. The number of aromatic nitrogens is 3. The zero-order valence-corrected chi connectivity index (χ0v) is 14.2. The highest BCUT2D eigenvalue weighted by Crippen LogP contribution is 2.27. The Balaban J connectivity index is 1.70. The summed E-state index contributed by atoms with van der Waals surface area (Å²) in [6.07, 6.45) is 2.45. The van der Waals surface area contributed by atoms with Crippen molar-refractivity contribution >= 4 is 5.91 Å². The van der Waals surface area contributed by atoms with Crippen LogP contribution in [-0.4, -0.2) is 52.9 Å². The number of nitrogens with zero attached hydrogens (tertiary/aromatic N) is 4.